The molecule has 1 aromatic carbocycles. The highest BCUT2D eigenvalue weighted by Crippen LogP contribution is 2.21. The van der Waals surface area contributed by atoms with E-state index < -0.39 is 15.8 Å². The maximum Gasteiger partial charge on any atom is 0.279 e. The van der Waals surface area contributed by atoms with E-state index in [1.165, 1.54) is 18.3 Å². The first-order valence-corrected chi connectivity index (χ1v) is 7.00. The Bertz CT molecular complexity index is 701. The molecule has 0 fully saturated rings. The van der Waals surface area contributed by atoms with E-state index in [9.17, 15) is 12.8 Å². The lowest BCUT2D eigenvalue weighted by Crippen LogP contribution is -2.16. The molecule has 0 aliphatic rings. The van der Waals surface area contributed by atoms with E-state index >= 15 is 0 Å². The summed E-state index contributed by atoms with van der Waals surface area (Å²) in [6.07, 6.45) is 1.32. The number of aromatic nitrogens is 2. The van der Waals surface area contributed by atoms with Crippen LogP contribution in [-0.4, -0.2) is 18.6 Å². The molecule has 2 aromatic rings. The fourth-order valence-corrected chi connectivity index (χ4v) is 2.75. The van der Waals surface area contributed by atoms with Crippen LogP contribution in [0.2, 0.25) is 5.02 Å². The zero-order valence-corrected chi connectivity index (χ0v) is 11.1. The SMILES string of the molecule is NCc1cn[nH]c1S(=O)(=O)Nc1ccc(Cl)c(F)c1. The highest BCUT2D eigenvalue weighted by Gasteiger charge is 2.20. The van der Waals surface area contributed by atoms with Gasteiger partial charge in [0.1, 0.15) is 5.82 Å². The number of aromatic amines is 1. The van der Waals surface area contributed by atoms with Crippen molar-refractivity contribution in [3.63, 3.8) is 0 Å². The van der Waals surface area contributed by atoms with Crippen molar-refractivity contribution in [3.8, 4) is 0 Å². The molecule has 0 aliphatic carbocycles. The molecule has 0 aliphatic heterocycles. The molecular weight excluding hydrogens is 295 g/mol. The van der Waals surface area contributed by atoms with Gasteiger partial charge in [-0.25, -0.2) is 4.39 Å². The van der Waals surface area contributed by atoms with E-state index in [0.29, 0.717) is 5.56 Å². The molecule has 1 aromatic heterocycles. The number of hydrogen-bond acceptors (Lipinski definition) is 4. The third kappa shape index (κ3) is 2.86. The van der Waals surface area contributed by atoms with Gasteiger partial charge in [0.2, 0.25) is 0 Å². The Hall–Kier alpha value is -1.64. The summed E-state index contributed by atoms with van der Waals surface area (Å²) in [5.74, 6) is -0.717. The van der Waals surface area contributed by atoms with Gasteiger partial charge in [-0.15, -0.1) is 0 Å². The second-order valence-electron chi connectivity index (χ2n) is 3.66. The predicted molar refractivity (Wildman–Crippen MR) is 68.7 cm³/mol. The number of nitrogens with one attached hydrogen (secondary N) is 2. The quantitative estimate of drug-likeness (QED) is 0.796. The van der Waals surface area contributed by atoms with E-state index in [1.54, 1.807) is 0 Å². The van der Waals surface area contributed by atoms with Gasteiger partial charge >= 0.3 is 0 Å². The van der Waals surface area contributed by atoms with Crippen molar-refractivity contribution in [2.75, 3.05) is 4.72 Å². The smallest absolute Gasteiger partial charge is 0.279 e. The molecular formula is C10H10ClFN4O2S. The van der Waals surface area contributed by atoms with E-state index in [-0.39, 0.29) is 22.3 Å². The Morgan fingerprint density at radius 1 is 1.47 bits per heavy atom. The van der Waals surface area contributed by atoms with Gasteiger partial charge in [0, 0.05) is 12.1 Å². The summed E-state index contributed by atoms with van der Waals surface area (Å²) in [4.78, 5) is 0. The summed E-state index contributed by atoms with van der Waals surface area (Å²) in [7, 11) is -3.90. The molecule has 2 rings (SSSR count). The topological polar surface area (TPSA) is 101 Å². The molecule has 9 heteroatoms. The number of benzene rings is 1. The highest BCUT2D eigenvalue weighted by atomic mass is 35.5. The Morgan fingerprint density at radius 3 is 2.84 bits per heavy atom. The summed E-state index contributed by atoms with van der Waals surface area (Å²) < 4.78 is 39.5. The van der Waals surface area contributed by atoms with Crippen LogP contribution in [0.5, 0.6) is 0 Å². The van der Waals surface area contributed by atoms with Crippen LogP contribution in [0.1, 0.15) is 5.56 Å². The Morgan fingerprint density at radius 2 is 2.21 bits per heavy atom. The van der Waals surface area contributed by atoms with Gasteiger partial charge in [-0.3, -0.25) is 9.82 Å². The molecule has 0 bridgehead atoms. The molecule has 0 unspecified atom stereocenters. The normalized spacial score (nSPS) is 11.5. The molecule has 0 saturated carbocycles. The zero-order chi connectivity index (χ0) is 14.0. The van der Waals surface area contributed by atoms with Gasteiger partial charge in [0.05, 0.1) is 16.9 Å². The van der Waals surface area contributed by atoms with Crippen LogP contribution < -0.4 is 10.5 Å². The summed E-state index contributed by atoms with van der Waals surface area (Å²) in [6, 6.07) is 3.59. The molecule has 0 radical (unpaired) electrons. The monoisotopic (exact) mass is 304 g/mol. The lowest BCUT2D eigenvalue weighted by molar-refractivity contribution is 0.595. The van der Waals surface area contributed by atoms with E-state index in [2.05, 4.69) is 14.9 Å². The number of rotatable bonds is 4. The van der Waals surface area contributed by atoms with Crippen LogP contribution in [0.25, 0.3) is 0 Å². The second-order valence-corrected chi connectivity index (χ2v) is 5.69. The average Bonchev–Trinajstić information content (AvgIpc) is 2.82. The fraction of sp³-hybridized carbons (Fsp3) is 0.100. The number of nitrogens with two attached hydrogens (primary N) is 1. The number of hydrogen-bond donors (Lipinski definition) is 3. The number of halogens is 2. The summed E-state index contributed by atoms with van der Waals surface area (Å²) in [5.41, 5.74) is 5.79. The van der Waals surface area contributed by atoms with E-state index in [1.807, 2.05) is 0 Å². The molecule has 19 heavy (non-hydrogen) atoms. The van der Waals surface area contributed by atoms with Gasteiger partial charge in [0.15, 0.2) is 5.03 Å². The minimum atomic E-state index is -3.90. The lowest BCUT2D eigenvalue weighted by Gasteiger charge is -2.08. The summed E-state index contributed by atoms with van der Waals surface area (Å²) >= 11 is 5.51. The molecule has 4 N–H and O–H groups in total. The van der Waals surface area contributed by atoms with Crippen molar-refractivity contribution in [3.05, 3.63) is 40.8 Å². The molecule has 0 saturated heterocycles. The standard InChI is InChI=1S/C10H10ClFN4O2S/c11-8-2-1-7(3-9(8)12)16-19(17,18)10-6(4-13)5-14-15-10/h1-3,5,16H,4,13H2,(H,14,15). The minimum absolute atomic E-state index is 0.0156. The van der Waals surface area contributed by atoms with Crippen molar-refractivity contribution < 1.29 is 12.8 Å². The predicted octanol–water partition coefficient (Wildman–Crippen LogP) is 1.46. The fourth-order valence-electron chi connectivity index (χ4n) is 1.44. The van der Waals surface area contributed by atoms with Gasteiger partial charge in [-0.1, -0.05) is 11.6 Å². The Kier molecular flexibility index (Phi) is 3.74. The molecule has 6 nitrogen and oxygen atoms in total. The molecule has 0 amide bonds. The minimum Gasteiger partial charge on any atom is -0.326 e. The van der Waals surface area contributed by atoms with Crippen LogP contribution in [0.3, 0.4) is 0 Å². The van der Waals surface area contributed by atoms with Gasteiger partial charge in [0.25, 0.3) is 10.0 Å². The number of nitrogens with zero attached hydrogens (tertiary/aromatic N) is 1. The Balaban J connectivity index is 2.34. The van der Waals surface area contributed by atoms with Gasteiger partial charge in [-0.05, 0) is 18.2 Å². The first kappa shape index (κ1) is 13.8. The third-order valence-corrected chi connectivity index (χ3v) is 4.04. The van der Waals surface area contributed by atoms with Gasteiger partial charge in [-0.2, -0.15) is 13.5 Å². The number of anilines is 1. The largest absolute Gasteiger partial charge is 0.326 e. The summed E-state index contributed by atoms with van der Waals surface area (Å²) in [5, 5.41) is 5.72. The van der Waals surface area contributed by atoms with Crippen LogP contribution in [0.4, 0.5) is 10.1 Å². The highest BCUT2D eigenvalue weighted by molar-refractivity contribution is 7.92. The maximum absolute atomic E-state index is 13.2. The van der Waals surface area contributed by atoms with Crippen molar-refractivity contribution in [2.24, 2.45) is 5.73 Å². The second kappa shape index (κ2) is 5.16. The first-order chi connectivity index (χ1) is 8.94. The lowest BCUT2D eigenvalue weighted by atomic mass is 10.3. The van der Waals surface area contributed by atoms with Crippen LogP contribution >= 0.6 is 11.6 Å². The van der Waals surface area contributed by atoms with E-state index in [4.69, 9.17) is 17.3 Å². The first-order valence-electron chi connectivity index (χ1n) is 5.14. The molecule has 0 atom stereocenters. The molecule has 1 heterocycles. The van der Waals surface area contributed by atoms with Crippen LogP contribution in [-0.2, 0) is 16.6 Å². The van der Waals surface area contributed by atoms with Crippen molar-refractivity contribution in [1.82, 2.24) is 10.2 Å². The number of sulfonamides is 1. The van der Waals surface area contributed by atoms with Crippen molar-refractivity contribution in [2.45, 2.75) is 11.6 Å². The molecule has 0 spiro atoms. The maximum atomic E-state index is 13.2. The van der Waals surface area contributed by atoms with E-state index in [0.717, 1.165) is 6.07 Å². The average molecular weight is 305 g/mol. The third-order valence-electron chi connectivity index (χ3n) is 2.34. The van der Waals surface area contributed by atoms with Crippen LogP contribution in [0.15, 0.2) is 29.4 Å². The van der Waals surface area contributed by atoms with Crippen molar-refractivity contribution >= 4 is 27.3 Å². The molecule has 102 valence electrons. The zero-order valence-electron chi connectivity index (χ0n) is 9.52. The van der Waals surface area contributed by atoms with Crippen molar-refractivity contribution in [1.29, 1.82) is 0 Å². The van der Waals surface area contributed by atoms with Crippen LogP contribution in [0, 0.1) is 5.82 Å². The van der Waals surface area contributed by atoms with Gasteiger partial charge < -0.3 is 5.73 Å². The summed E-state index contributed by atoms with van der Waals surface area (Å²) in [6.45, 7) is 0.0156. The Labute approximate surface area is 113 Å². The number of H-pyrrole nitrogens is 1.